The molecule has 1 aromatic heterocycles. The van der Waals surface area contributed by atoms with E-state index in [2.05, 4.69) is 20.6 Å². The summed E-state index contributed by atoms with van der Waals surface area (Å²) in [4.78, 5) is 8.97. The third-order valence-corrected chi connectivity index (χ3v) is 5.27. The van der Waals surface area contributed by atoms with Crippen molar-refractivity contribution >= 4 is 5.96 Å². The number of aliphatic imine (C=N–C) groups is 1. The van der Waals surface area contributed by atoms with Crippen LogP contribution in [0.5, 0.6) is 0 Å². The summed E-state index contributed by atoms with van der Waals surface area (Å²) in [5.41, 5.74) is 1.70. The number of guanidine groups is 1. The van der Waals surface area contributed by atoms with Crippen LogP contribution in [0.4, 0.5) is 4.39 Å². The Kier molecular flexibility index (Phi) is 6.67. The van der Waals surface area contributed by atoms with E-state index in [0.717, 1.165) is 36.4 Å². The van der Waals surface area contributed by atoms with Gasteiger partial charge in [-0.15, -0.1) is 0 Å². The highest BCUT2D eigenvalue weighted by Crippen LogP contribution is 2.34. The van der Waals surface area contributed by atoms with Gasteiger partial charge in [-0.25, -0.2) is 14.4 Å². The van der Waals surface area contributed by atoms with E-state index in [1.54, 1.807) is 12.1 Å². The number of hydrogen-bond acceptors (Lipinski definition) is 4. The van der Waals surface area contributed by atoms with E-state index < -0.39 is 0 Å². The molecule has 1 saturated heterocycles. The molecule has 0 saturated carbocycles. The van der Waals surface area contributed by atoms with E-state index in [4.69, 9.17) is 9.15 Å². The van der Waals surface area contributed by atoms with Crippen LogP contribution in [0.1, 0.15) is 42.7 Å². The van der Waals surface area contributed by atoms with E-state index in [1.807, 2.05) is 26.8 Å². The molecule has 0 unspecified atom stereocenters. The Bertz CT molecular complexity index is 793. The second kappa shape index (κ2) is 9.19. The van der Waals surface area contributed by atoms with Crippen LogP contribution >= 0.6 is 0 Å². The Morgan fingerprint density at radius 1 is 1.25 bits per heavy atom. The molecule has 1 fully saturated rings. The summed E-state index contributed by atoms with van der Waals surface area (Å²) in [5, 5.41) is 6.69. The number of benzene rings is 1. The molecule has 2 aromatic rings. The van der Waals surface area contributed by atoms with Crippen LogP contribution < -0.4 is 10.6 Å². The SMILES string of the molecule is CCNC(=NCc1nc(C)c(C)o1)NCC1(c2cccc(F)c2)CCOCC1. The molecule has 2 N–H and O–H groups in total. The maximum Gasteiger partial charge on any atom is 0.216 e. The smallest absolute Gasteiger partial charge is 0.216 e. The van der Waals surface area contributed by atoms with Crippen LogP contribution in [-0.4, -0.2) is 37.2 Å². The first-order valence-electron chi connectivity index (χ1n) is 9.81. The molecule has 2 heterocycles. The molecule has 0 radical (unpaired) electrons. The maximum absolute atomic E-state index is 13.8. The maximum atomic E-state index is 13.8. The molecule has 0 aliphatic carbocycles. The van der Waals surface area contributed by atoms with E-state index >= 15 is 0 Å². The third-order valence-electron chi connectivity index (χ3n) is 5.27. The fourth-order valence-corrected chi connectivity index (χ4v) is 3.50. The van der Waals surface area contributed by atoms with Crippen LogP contribution in [0.25, 0.3) is 0 Å². The zero-order valence-corrected chi connectivity index (χ0v) is 16.8. The molecule has 0 spiro atoms. The highest BCUT2D eigenvalue weighted by molar-refractivity contribution is 5.79. The molecule has 1 aliphatic rings. The van der Waals surface area contributed by atoms with Gasteiger partial charge in [-0.2, -0.15) is 0 Å². The number of rotatable bonds is 6. The number of nitrogens with zero attached hydrogens (tertiary/aromatic N) is 2. The lowest BCUT2D eigenvalue weighted by Crippen LogP contribution is -2.48. The summed E-state index contributed by atoms with van der Waals surface area (Å²) < 4.78 is 25.0. The van der Waals surface area contributed by atoms with Crippen molar-refractivity contribution in [2.24, 2.45) is 4.99 Å². The van der Waals surface area contributed by atoms with Crippen LogP contribution in [-0.2, 0) is 16.7 Å². The largest absolute Gasteiger partial charge is 0.444 e. The molecule has 152 valence electrons. The highest BCUT2D eigenvalue weighted by atomic mass is 19.1. The monoisotopic (exact) mass is 388 g/mol. The number of aromatic nitrogens is 1. The molecule has 0 bridgehead atoms. The highest BCUT2D eigenvalue weighted by Gasteiger charge is 2.35. The molecule has 0 atom stereocenters. The predicted molar refractivity (Wildman–Crippen MR) is 107 cm³/mol. The van der Waals surface area contributed by atoms with Crippen molar-refractivity contribution in [1.82, 2.24) is 15.6 Å². The van der Waals surface area contributed by atoms with Crippen molar-refractivity contribution in [2.75, 3.05) is 26.3 Å². The van der Waals surface area contributed by atoms with Crippen molar-refractivity contribution in [2.45, 2.75) is 45.6 Å². The van der Waals surface area contributed by atoms with Crippen LogP contribution in [0, 0.1) is 19.7 Å². The van der Waals surface area contributed by atoms with Crippen molar-refractivity contribution < 1.29 is 13.5 Å². The van der Waals surface area contributed by atoms with Crippen molar-refractivity contribution in [3.63, 3.8) is 0 Å². The van der Waals surface area contributed by atoms with Crippen molar-refractivity contribution in [3.05, 3.63) is 53.0 Å². The average molecular weight is 388 g/mol. The lowest BCUT2D eigenvalue weighted by Gasteiger charge is -2.38. The molecule has 6 nitrogen and oxygen atoms in total. The molecule has 0 amide bonds. The second-order valence-corrected chi connectivity index (χ2v) is 7.20. The Morgan fingerprint density at radius 3 is 2.68 bits per heavy atom. The van der Waals surface area contributed by atoms with E-state index in [-0.39, 0.29) is 11.2 Å². The molecule has 1 aromatic carbocycles. The van der Waals surface area contributed by atoms with Gasteiger partial charge in [0.15, 0.2) is 5.96 Å². The van der Waals surface area contributed by atoms with Gasteiger partial charge in [-0.1, -0.05) is 12.1 Å². The minimum atomic E-state index is -0.210. The first kappa shape index (κ1) is 20.3. The van der Waals surface area contributed by atoms with Gasteiger partial charge in [-0.05, 0) is 51.3 Å². The average Bonchev–Trinajstić information content (AvgIpc) is 3.02. The fraction of sp³-hybridized carbons (Fsp3) is 0.524. The van der Waals surface area contributed by atoms with Gasteiger partial charge in [0, 0.05) is 31.7 Å². The third kappa shape index (κ3) is 4.90. The number of hydrogen-bond donors (Lipinski definition) is 2. The van der Waals surface area contributed by atoms with Crippen LogP contribution in [0.15, 0.2) is 33.7 Å². The zero-order chi connectivity index (χ0) is 20.0. The number of halogens is 1. The Morgan fingerprint density at radius 2 is 2.04 bits per heavy atom. The van der Waals surface area contributed by atoms with Gasteiger partial charge in [0.05, 0.1) is 5.69 Å². The summed E-state index contributed by atoms with van der Waals surface area (Å²) in [6.07, 6.45) is 1.67. The number of aryl methyl sites for hydroxylation is 2. The van der Waals surface area contributed by atoms with E-state index in [0.29, 0.717) is 38.2 Å². The van der Waals surface area contributed by atoms with Crippen LogP contribution in [0.3, 0.4) is 0 Å². The van der Waals surface area contributed by atoms with E-state index in [1.165, 1.54) is 6.07 Å². The normalized spacial score (nSPS) is 16.8. The van der Waals surface area contributed by atoms with Crippen molar-refractivity contribution in [1.29, 1.82) is 0 Å². The summed E-state index contributed by atoms with van der Waals surface area (Å²) in [6, 6.07) is 6.89. The lowest BCUT2D eigenvalue weighted by atomic mass is 9.74. The molecule has 3 rings (SSSR count). The molecule has 7 heteroatoms. The van der Waals surface area contributed by atoms with Gasteiger partial charge in [0.1, 0.15) is 18.1 Å². The minimum Gasteiger partial charge on any atom is -0.444 e. The van der Waals surface area contributed by atoms with Gasteiger partial charge in [0.2, 0.25) is 5.89 Å². The first-order valence-corrected chi connectivity index (χ1v) is 9.81. The Labute approximate surface area is 165 Å². The number of nitrogens with one attached hydrogen (secondary N) is 2. The molecular weight excluding hydrogens is 359 g/mol. The number of ether oxygens (including phenoxy) is 1. The first-order chi connectivity index (χ1) is 13.5. The summed E-state index contributed by atoms with van der Waals surface area (Å²) in [5.74, 6) is 1.89. The topological polar surface area (TPSA) is 71.7 Å². The summed E-state index contributed by atoms with van der Waals surface area (Å²) in [7, 11) is 0. The Balaban J connectivity index is 1.74. The Hall–Kier alpha value is -2.41. The number of oxazole rings is 1. The standard InChI is InChI=1S/C21H29FN4O2/c1-4-23-20(24-13-19-26-15(2)16(3)28-19)25-14-21(8-10-27-11-9-21)17-6-5-7-18(22)12-17/h5-7,12H,4,8-11,13-14H2,1-3H3,(H2,23,24,25). The van der Waals surface area contributed by atoms with Gasteiger partial charge in [0.25, 0.3) is 0 Å². The summed E-state index contributed by atoms with van der Waals surface area (Å²) in [6.45, 7) is 8.92. The molecule has 1 aliphatic heterocycles. The van der Waals surface area contributed by atoms with E-state index in [9.17, 15) is 4.39 Å². The lowest BCUT2D eigenvalue weighted by molar-refractivity contribution is 0.0513. The molecule has 28 heavy (non-hydrogen) atoms. The second-order valence-electron chi connectivity index (χ2n) is 7.20. The zero-order valence-electron chi connectivity index (χ0n) is 16.8. The minimum absolute atomic E-state index is 0.188. The van der Waals surface area contributed by atoms with Gasteiger partial charge < -0.3 is 19.8 Å². The predicted octanol–water partition coefficient (Wildman–Crippen LogP) is 3.23. The quantitative estimate of drug-likeness (QED) is 0.587. The van der Waals surface area contributed by atoms with Crippen molar-refractivity contribution in [3.8, 4) is 0 Å². The molecular formula is C21H29FN4O2. The van der Waals surface area contributed by atoms with Gasteiger partial charge >= 0.3 is 0 Å². The van der Waals surface area contributed by atoms with Crippen LogP contribution in [0.2, 0.25) is 0 Å². The summed E-state index contributed by atoms with van der Waals surface area (Å²) >= 11 is 0. The van der Waals surface area contributed by atoms with Gasteiger partial charge in [-0.3, -0.25) is 0 Å². The fourth-order valence-electron chi connectivity index (χ4n) is 3.50.